The zero-order valence-electron chi connectivity index (χ0n) is 16.0. The van der Waals surface area contributed by atoms with Crippen molar-refractivity contribution >= 4 is 17.7 Å². The fourth-order valence-corrected chi connectivity index (χ4v) is 5.13. The van der Waals surface area contributed by atoms with Gasteiger partial charge < -0.3 is 9.80 Å². The number of carbonyl (C=O) groups is 1. The zero-order valence-corrected chi connectivity index (χ0v) is 16.8. The summed E-state index contributed by atoms with van der Waals surface area (Å²) in [7, 11) is 1.88. The first-order valence-electron chi connectivity index (χ1n) is 9.93. The lowest BCUT2D eigenvalue weighted by molar-refractivity contribution is 0.0655. The molecule has 2 aromatic rings. The molecule has 1 aromatic heterocycles. The summed E-state index contributed by atoms with van der Waals surface area (Å²) in [5, 5.41) is 4.60. The number of benzene rings is 1. The molecule has 2 saturated heterocycles. The van der Waals surface area contributed by atoms with E-state index in [9.17, 15) is 4.79 Å². The summed E-state index contributed by atoms with van der Waals surface area (Å²) in [6, 6.07) is 12.3. The summed E-state index contributed by atoms with van der Waals surface area (Å²) in [5.41, 5.74) is 2.60. The molecule has 0 bridgehead atoms. The highest BCUT2D eigenvalue weighted by Crippen LogP contribution is 2.23. The molecule has 1 unspecified atom stereocenters. The van der Waals surface area contributed by atoms with Gasteiger partial charge in [-0.25, -0.2) is 0 Å². The predicted molar refractivity (Wildman–Crippen MR) is 111 cm³/mol. The summed E-state index contributed by atoms with van der Waals surface area (Å²) in [6.07, 6.45) is 3.64. The second-order valence-electron chi connectivity index (χ2n) is 7.49. The Hall–Kier alpha value is -1.79. The van der Waals surface area contributed by atoms with Gasteiger partial charge in [-0.2, -0.15) is 16.9 Å². The van der Waals surface area contributed by atoms with Gasteiger partial charge in [0.05, 0.1) is 11.7 Å². The molecule has 27 heavy (non-hydrogen) atoms. The average Bonchev–Trinajstić information content (AvgIpc) is 3.27. The monoisotopic (exact) mass is 384 g/mol. The number of aryl methyl sites for hydroxylation is 1. The minimum absolute atomic E-state index is 0.124. The Balaban J connectivity index is 1.56. The largest absolute Gasteiger partial charge is 0.332 e. The van der Waals surface area contributed by atoms with E-state index in [1.165, 1.54) is 25.9 Å². The van der Waals surface area contributed by atoms with Gasteiger partial charge in [-0.3, -0.25) is 9.48 Å². The van der Waals surface area contributed by atoms with Crippen LogP contribution in [0.4, 0.5) is 0 Å². The third-order valence-corrected chi connectivity index (χ3v) is 6.73. The maximum Gasteiger partial charge on any atom is 0.272 e. The minimum Gasteiger partial charge on any atom is -0.332 e. The number of hydrogen-bond acceptors (Lipinski definition) is 4. The van der Waals surface area contributed by atoms with Crippen LogP contribution in [0.1, 0.15) is 29.8 Å². The molecule has 5 nitrogen and oxygen atoms in total. The van der Waals surface area contributed by atoms with Crippen LogP contribution in [0.2, 0.25) is 0 Å². The molecule has 0 saturated carbocycles. The molecule has 0 N–H and O–H groups in total. The molecule has 1 aromatic carbocycles. The molecule has 0 radical (unpaired) electrons. The van der Waals surface area contributed by atoms with Gasteiger partial charge in [0.1, 0.15) is 5.69 Å². The summed E-state index contributed by atoms with van der Waals surface area (Å²) < 4.78 is 1.75. The van der Waals surface area contributed by atoms with Gasteiger partial charge in [0.15, 0.2) is 0 Å². The van der Waals surface area contributed by atoms with Crippen molar-refractivity contribution in [3.63, 3.8) is 0 Å². The Bertz CT molecular complexity index is 770. The van der Waals surface area contributed by atoms with Crippen molar-refractivity contribution in [1.29, 1.82) is 0 Å². The molecule has 1 amide bonds. The Morgan fingerprint density at radius 1 is 1.15 bits per heavy atom. The molecule has 6 heteroatoms. The van der Waals surface area contributed by atoms with Gasteiger partial charge in [-0.05, 0) is 44.2 Å². The molecule has 2 aliphatic rings. The predicted octanol–water partition coefficient (Wildman–Crippen LogP) is 3.13. The molecule has 0 spiro atoms. The average molecular weight is 385 g/mol. The fraction of sp³-hybridized carbons (Fsp3) is 0.524. The van der Waals surface area contributed by atoms with Crippen molar-refractivity contribution in [3.05, 3.63) is 42.1 Å². The summed E-state index contributed by atoms with van der Waals surface area (Å²) in [6.45, 7) is 4.19. The lowest BCUT2D eigenvalue weighted by atomic mass is 10.1. The van der Waals surface area contributed by atoms with Gasteiger partial charge in [-0.15, -0.1) is 0 Å². The number of carbonyl (C=O) groups excluding carboxylic acids is 1. The molecular weight excluding hydrogens is 356 g/mol. The van der Waals surface area contributed by atoms with Crippen LogP contribution in [0.25, 0.3) is 11.3 Å². The van der Waals surface area contributed by atoms with Crippen LogP contribution in [0.15, 0.2) is 36.4 Å². The van der Waals surface area contributed by atoms with Gasteiger partial charge in [-0.1, -0.05) is 30.3 Å². The second-order valence-corrected chi connectivity index (χ2v) is 8.64. The highest BCUT2D eigenvalue weighted by molar-refractivity contribution is 7.99. The summed E-state index contributed by atoms with van der Waals surface area (Å²) >= 11 is 1.99. The van der Waals surface area contributed by atoms with Crippen LogP contribution in [-0.4, -0.2) is 69.2 Å². The summed E-state index contributed by atoms with van der Waals surface area (Å²) in [5.74, 6) is 2.30. The van der Waals surface area contributed by atoms with Gasteiger partial charge in [0, 0.05) is 31.5 Å². The number of thioether (sulfide) groups is 1. The smallest absolute Gasteiger partial charge is 0.272 e. The number of likely N-dealkylation sites (tertiary alicyclic amines) is 1. The first-order chi connectivity index (χ1) is 13.2. The van der Waals surface area contributed by atoms with E-state index >= 15 is 0 Å². The van der Waals surface area contributed by atoms with Crippen molar-refractivity contribution in [3.8, 4) is 11.3 Å². The third-order valence-electron chi connectivity index (χ3n) is 5.54. The van der Waals surface area contributed by atoms with Crippen LogP contribution in [0, 0.1) is 0 Å². The van der Waals surface area contributed by atoms with E-state index in [2.05, 4.69) is 14.9 Å². The number of amides is 1. The Kier molecular flexibility index (Phi) is 5.83. The fourth-order valence-electron chi connectivity index (χ4n) is 4.08. The number of rotatable bonds is 4. The molecule has 1 atom stereocenters. The van der Waals surface area contributed by atoms with E-state index in [1.807, 2.05) is 55.2 Å². The molecule has 2 fully saturated rings. The lowest BCUT2D eigenvalue weighted by Gasteiger charge is -2.32. The first kappa shape index (κ1) is 18.6. The normalized spacial score (nSPS) is 21.4. The zero-order chi connectivity index (χ0) is 18.6. The molecule has 0 aliphatic carbocycles. The van der Waals surface area contributed by atoms with Crippen molar-refractivity contribution in [1.82, 2.24) is 19.6 Å². The van der Waals surface area contributed by atoms with E-state index in [0.29, 0.717) is 5.69 Å². The second kappa shape index (κ2) is 8.48. The lowest BCUT2D eigenvalue weighted by Crippen LogP contribution is -2.48. The van der Waals surface area contributed by atoms with E-state index in [1.54, 1.807) is 4.68 Å². The van der Waals surface area contributed by atoms with Crippen molar-refractivity contribution in [2.45, 2.75) is 25.3 Å². The third kappa shape index (κ3) is 4.22. The van der Waals surface area contributed by atoms with E-state index in [-0.39, 0.29) is 11.9 Å². The highest BCUT2D eigenvalue weighted by atomic mass is 32.2. The molecule has 2 aliphatic heterocycles. The highest BCUT2D eigenvalue weighted by Gasteiger charge is 2.30. The van der Waals surface area contributed by atoms with E-state index < -0.39 is 0 Å². The Labute approximate surface area is 165 Å². The van der Waals surface area contributed by atoms with Crippen LogP contribution in [0.3, 0.4) is 0 Å². The standard InChI is InChI=1S/C21H28N4OS/c1-23-20(14-19(22-23)17-8-3-2-4-9-17)21(26)25-12-7-13-27-16-18(25)15-24-10-5-6-11-24/h2-4,8-9,14,18H,5-7,10-13,15-16H2,1H3. The van der Waals surface area contributed by atoms with Crippen LogP contribution in [-0.2, 0) is 7.05 Å². The molecule has 144 valence electrons. The van der Waals surface area contributed by atoms with Gasteiger partial charge in [0.25, 0.3) is 5.91 Å². The van der Waals surface area contributed by atoms with E-state index in [4.69, 9.17) is 0 Å². The van der Waals surface area contributed by atoms with Gasteiger partial charge in [0.2, 0.25) is 0 Å². The minimum atomic E-state index is 0.124. The van der Waals surface area contributed by atoms with Crippen LogP contribution in [0.5, 0.6) is 0 Å². The maximum absolute atomic E-state index is 13.4. The number of hydrogen-bond donors (Lipinski definition) is 0. The SMILES string of the molecule is Cn1nc(-c2ccccc2)cc1C(=O)N1CCCSCC1CN1CCCC1. The van der Waals surface area contributed by atoms with Gasteiger partial charge >= 0.3 is 0 Å². The number of aromatic nitrogens is 2. The maximum atomic E-state index is 13.4. The molecular formula is C21H28N4OS. The Morgan fingerprint density at radius 2 is 1.93 bits per heavy atom. The van der Waals surface area contributed by atoms with Crippen LogP contribution < -0.4 is 0 Å². The molecule has 3 heterocycles. The topological polar surface area (TPSA) is 41.4 Å². The van der Waals surface area contributed by atoms with Crippen LogP contribution >= 0.6 is 11.8 Å². The van der Waals surface area contributed by atoms with Crippen molar-refractivity contribution in [2.75, 3.05) is 37.7 Å². The van der Waals surface area contributed by atoms with E-state index in [0.717, 1.165) is 42.3 Å². The summed E-state index contributed by atoms with van der Waals surface area (Å²) in [4.78, 5) is 18.1. The quantitative estimate of drug-likeness (QED) is 0.812. The molecule has 4 rings (SSSR count). The number of nitrogens with zero attached hydrogens (tertiary/aromatic N) is 4. The van der Waals surface area contributed by atoms with Crippen molar-refractivity contribution in [2.24, 2.45) is 7.05 Å². The Morgan fingerprint density at radius 3 is 2.70 bits per heavy atom. The van der Waals surface area contributed by atoms with Crippen molar-refractivity contribution < 1.29 is 4.79 Å². The first-order valence-corrected chi connectivity index (χ1v) is 11.1.